The number of hydrogen-bond acceptors (Lipinski definition) is 4. The van der Waals surface area contributed by atoms with Crippen molar-refractivity contribution < 1.29 is 5.11 Å². The van der Waals surface area contributed by atoms with E-state index < -0.39 is 6.10 Å². The lowest BCUT2D eigenvalue weighted by Gasteiger charge is -2.33. The third-order valence-electron chi connectivity index (χ3n) is 5.16. The molecule has 0 amide bonds. The average molecular weight is 336 g/mol. The Balaban J connectivity index is 1.36. The van der Waals surface area contributed by atoms with Gasteiger partial charge in [-0.2, -0.15) is 0 Å². The number of rotatable bonds is 4. The fourth-order valence-corrected chi connectivity index (χ4v) is 3.71. The second-order valence-electron chi connectivity index (χ2n) is 7.05. The molecule has 130 valence electrons. The quantitative estimate of drug-likeness (QED) is 0.768. The van der Waals surface area contributed by atoms with Gasteiger partial charge in [0.25, 0.3) is 0 Å². The monoisotopic (exact) mass is 336 g/mol. The van der Waals surface area contributed by atoms with Gasteiger partial charge in [-0.1, -0.05) is 12.1 Å². The number of pyridine rings is 1. The Morgan fingerprint density at radius 3 is 2.88 bits per heavy atom. The molecule has 0 spiro atoms. The van der Waals surface area contributed by atoms with Gasteiger partial charge in [0.1, 0.15) is 5.82 Å². The van der Waals surface area contributed by atoms with Crippen LogP contribution in [0.1, 0.15) is 35.9 Å². The summed E-state index contributed by atoms with van der Waals surface area (Å²) in [5.41, 5.74) is 4.31. The highest BCUT2D eigenvalue weighted by atomic mass is 16.3. The molecule has 0 aliphatic carbocycles. The number of aryl methyl sites for hydroxylation is 1. The molecule has 2 aromatic heterocycles. The van der Waals surface area contributed by atoms with Crippen LogP contribution in [-0.4, -0.2) is 38.0 Å². The molecule has 1 atom stereocenters. The molecule has 0 radical (unpaired) electrons. The minimum atomic E-state index is -0.412. The lowest BCUT2D eigenvalue weighted by molar-refractivity contribution is 0.0559. The number of H-pyrrole nitrogens is 1. The normalized spacial score (nSPS) is 17.8. The first-order valence-electron chi connectivity index (χ1n) is 8.94. The average Bonchev–Trinajstić information content (AvgIpc) is 3.04. The predicted molar refractivity (Wildman–Crippen MR) is 98.0 cm³/mol. The molecule has 1 saturated heterocycles. The number of aromatic nitrogens is 3. The van der Waals surface area contributed by atoms with Crippen LogP contribution in [0.3, 0.4) is 0 Å². The van der Waals surface area contributed by atoms with Gasteiger partial charge in [0, 0.05) is 12.4 Å². The fourth-order valence-electron chi connectivity index (χ4n) is 3.71. The SMILES string of the molecule is Cc1ccc2nc(CN3CCC(C(O)c4cccnc4)CC3)[nH]c2c1. The molecular weight excluding hydrogens is 312 g/mol. The number of imidazole rings is 1. The highest BCUT2D eigenvalue weighted by Gasteiger charge is 2.26. The molecule has 1 aromatic carbocycles. The maximum absolute atomic E-state index is 10.6. The zero-order chi connectivity index (χ0) is 17.2. The van der Waals surface area contributed by atoms with Gasteiger partial charge in [-0.05, 0) is 68.1 Å². The molecule has 0 bridgehead atoms. The van der Waals surface area contributed by atoms with Crippen LogP contribution in [-0.2, 0) is 6.54 Å². The van der Waals surface area contributed by atoms with E-state index >= 15 is 0 Å². The van der Waals surface area contributed by atoms with E-state index in [0.29, 0.717) is 5.92 Å². The summed E-state index contributed by atoms with van der Waals surface area (Å²) in [5.74, 6) is 1.32. The highest BCUT2D eigenvalue weighted by molar-refractivity contribution is 5.75. The first kappa shape index (κ1) is 16.2. The van der Waals surface area contributed by atoms with Crippen molar-refractivity contribution in [2.75, 3.05) is 13.1 Å². The van der Waals surface area contributed by atoms with Gasteiger partial charge in [0.15, 0.2) is 0 Å². The van der Waals surface area contributed by atoms with Crippen LogP contribution in [0, 0.1) is 12.8 Å². The van der Waals surface area contributed by atoms with Crippen molar-refractivity contribution in [2.24, 2.45) is 5.92 Å². The number of piperidine rings is 1. The summed E-state index contributed by atoms with van der Waals surface area (Å²) < 4.78 is 0. The van der Waals surface area contributed by atoms with E-state index in [2.05, 4.69) is 40.0 Å². The number of nitrogens with zero attached hydrogens (tertiary/aromatic N) is 3. The van der Waals surface area contributed by atoms with E-state index in [4.69, 9.17) is 4.98 Å². The van der Waals surface area contributed by atoms with Crippen LogP contribution >= 0.6 is 0 Å². The minimum absolute atomic E-state index is 0.304. The van der Waals surface area contributed by atoms with Crippen molar-refractivity contribution in [3.05, 3.63) is 59.7 Å². The first-order chi connectivity index (χ1) is 12.2. The Morgan fingerprint density at radius 1 is 1.28 bits per heavy atom. The third-order valence-corrected chi connectivity index (χ3v) is 5.16. The molecule has 2 N–H and O–H groups in total. The molecule has 3 aromatic rings. The van der Waals surface area contributed by atoms with Crippen LogP contribution in [0.5, 0.6) is 0 Å². The summed E-state index contributed by atoms with van der Waals surface area (Å²) in [6.45, 7) is 4.90. The van der Waals surface area contributed by atoms with Gasteiger partial charge in [0.05, 0.1) is 23.7 Å². The van der Waals surface area contributed by atoms with Crippen molar-refractivity contribution in [1.82, 2.24) is 19.9 Å². The fraction of sp³-hybridized carbons (Fsp3) is 0.400. The summed E-state index contributed by atoms with van der Waals surface area (Å²) in [5, 5.41) is 10.6. The largest absolute Gasteiger partial charge is 0.388 e. The first-order valence-corrected chi connectivity index (χ1v) is 8.94. The Bertz CT molecular complexity index is 837. The van der Waals surface area contributed by atoms with E-state index in [1.165, 1.54) is 5.56 Å². The molecule has 4 rings (SSSR count). The molecule has 25 heavy (non-hydrogen) atoms. The van der Waals surface area contributed by atoms with Gasteiger partial charge >= 0.3 is 0 Å². The molecule has 1 aliphatic rings. The highest BCUT2D eigenvalue weighted by Crippen LogP contribution is 2.30. The van der Waals surface area contributed by atoms with E-state index in [1.54, 1.807) is 12.4 Å². The van der Waals surface area contributed by atoms with Crippen molar-refractivity contribution >= 4 is 11.0 Å². The number of aromatic amines is 1. The number of benzene rings is 1. The number of fused-ring (bicyclic) bond motifs is 1. The van der Waals surface area contributed by atoms with Crippen molar-refractivity contribution in [2.45, 2.75) is 32.4 Å². The number of nitrogens with one attached hydrogen (secondary N) is 1. The lowest BCUT2D eigenvalue weighted by Crippen LogP contribution is -2.35. The van der Waals surface area contributed by atoms with Crippen LogP contribution in [0.25, 0.3) is 11.0 Å². The van der Waals surface area contributed by atoms with E-state index in [0.717, 1.165) is 54.9 Å². The van der Waals surface area contributed by atoms with Crippen molar-refractivity contribution in [3.63, 3.8) is 0 Å². The van der Waals surface area contributed by atoms with Gasteiger partial charge in [-0.25, -0.2) is 4.98 Å². The Hall–Kier alpha value is -2.24. The molecule has 3 heterocycles. The molecule has 5 heteroatoms. The lowest BCUT2D eigenvalue weighted by atomic mass is 9.88. The molecular formula is C20H24N4O. The topological polar surface area (TPSA) is 65.0 Å². The number of aliphatic hydroxyl groups excluding tert-OH is 1. The zero-order valence-electron chi connectivity index (χ0n) is 14.5. The summed E-state index contributed by atoms with van der Waals surface area (Å²) in [4.78, 5) is 14.7. The van der Waals surface area contributed by atoms with Crippen LogP contribution < -0.4 is 0 Å². The van der Waals surface area contributed by atoms with Gasteiger partial charge < -0.3 is 10.1 Å². The molecule has 1 aliphatic heterocycles. The summed E-state index contributed by atoms with van der Waals surface area (Å²) in [7, 11) is 0. The summed E-state index contributed by atoms with van der Waals surface area (Å²) >= 11 is 0. The van der Waals surface area contributed by atoms with Crippen molar-refractivity contribution in [1.29, 1.82) is 0 Å². The second-order valence-corrected chi connectivity index (χ2v) is 7.05. The van der Waals surface area contributed by atoms with Gasteiger partial charge in [0.2, 0.25) is 0 Å². The summed E-state index contributed by atoms with van der Waals surface area (Å²) in [6, 6.07) is 10.2. The van der Waals surface area contributed by atoms with E-state index in [9.17, 15) is 5.11 Å². The third kappa shape index (κ3) is 3.57. The molecule has 1 unspecified atom stereocenters. The van der Waals surface area contributed by atoms with Crippen LogP contribution in [0.4, 0.5) is 0 Å². The Morgan fingerprint density at radius 2 is 2.12 bits per heavy atom. The predicted octanol–water partition coefficient (Wildman–Crippen LogP) is 3.21. The zero-order valence-corrected chi connectivity index (χ0v) is 14.5. The maximum Gasteiger partial charge on any atom is 0.121 e. The Labute approximate surface area is 147 Å². The number of hydrogen-bond donors (Lipinski definition) is 2. The number of aliphatic hydroxyl groups is 1. The summed E-state index contributed by atoms with van der Waals surface area (Å²) in [6.07, 6.45) is 5.09. The van der Waals surface area contributed by atoms with Crippen LogP contribution in [0.2, 0.25) is 0 Å². The van der Waals surface area contributed by atoms with Crippen LogP contribution in [0.15, 0.2) is 42.7 Å². The van der Waals surface area contributed by atoms with Gasteiger partial charge in [-0.3, -0.25) is 9.88 Å². The molecule has 0 saturated carbocycles. The van der Waals surface area contributed by atoms with Gasteiger partial charge in [-0.15, -0.1) is 0 Å². The second kappa shape index (κ2) is 6.94. The van der Waals surface area contributed by atoms with E-state index in [-0.39, 0.29) is 0 Å². The minimum Gasteiger partial charge on any atom is -0.388 e. The number of likely N-dealkylation sites (tertiary alicyclic amines) is 1. The maximum atomic E-state index is 10.6. The van der Waals surface area contributed by atoms with E-state index in [1.807, 2.05) is 12.1 Å². The Kier molecular flexibility index (Phi) is 4.51. The molecule has 5 nitrogen and oxygen atoms in total. The standard InChI is InChI=1S/C20H24N4O/c1-14-4-5-17-18(11-14)23-19(22-17)13-24-9-6-15(7-10-24)20(25)16-3-2-8-21-12-16/h2-5,8,11-12,15,20,25H,6-7,9-10,13H2,1H3,(H,22,23). The smallest absolute Gasteiger partial charge is 0.121 e. The van der Waals surface area contributed by atoms with Crippen molar-refractivity contribution in [3.8, 4) is 0 Å². The molecule has 1 fully saturated rings.